The fourth-order valence-corrected chi connectivity index (χ4v) is 2.72. The molecule has 0 spiro atoms. The van der Waals surface area contributed by atoms with Crippen LogP contribution in [0.2, 0.25) is 0 Å². The van der Waals surface area contributed by atoms with Gasteiger partial charge in [0.15, 0.2) is 5.69 Å². The van der Waals surface area contributed by atoms with Crippen LogP contribution in [0.15, 0.2) is 35.8 Å². The highest BCUT2D eigenvalue weighted by Gasteiger charge is 2.32. The summed E-state index contributed by atoms with van der Waals surface area (Å²) in [6.07, 6.45) is -3.79. The first-order valence-corrected chi connectivity index (χ1v) is 6.62. The standard InChI is InChI=1S/C13H7F3N2O2S/c14-13(15,16)7-3-4-9-17-10(8-2-1-5-21-8)11(12(19)20)18(9)6-7/h1-6H,(H,19,20). The van der Waals surface area contributed by atoms with Crippen molar-refractivity contribution in [3.8, 4) is 10.6 Å². The van der Waals surface area contributed by atoms with Gasteiger partial charge in [-0.3, -0.25) is 4.40 Å². The van der Waals surface area contributed by atoms with Crippen molar-refractivity contribution < 1.29 is 23.1 Å². The van der Waals surface area contributed by atoms with E-state index in [0.717, 1.165) is 22.7 Å². The maximum absolute atomic E-state index is 12.7. The van der Waals surface area contributed by atoms with E-state index in [4.69, 9.17) is 0 Å². The quantitative estimate of drug-likeness (QED) is 0.783. The zero-order valence-corrected chi connectivity index (χ0v) is 11.1. The summed E-state index contributed by atoms with van der Waals surface area (Å²) in [5.41, 5.74) is -0.883. The molecule has 0 bridgehead atoms. The molecule has 0 aliphatic heterocycles. The number of carboxylic acid groups (broad SMARTS) is 1. The number of alkyl halides is 3. The van der Waals surface area contributed by atoms with Crippen molar-refractivity contribution >= 4 is 23.0 Å². The van der Waals surface area contributed by atoms with Gasteiger partial charge in [0.2, 0.25) is 0 Å². The molecule has 4 nitrogen and oxygen atoms in total. The van der Waals surface area contributed by atoms with E-state index in [-0.39, 0.29) is 17.0 Å². The summed E-state index contributed by atoms with van der Waals surface area (Å²) in [5, 5.41) is 11.0. The van der Waals surface area contributed by atoms with E-state index < -0.39 is 17.7 Å². The Kier molecular flexibility index (Phi) is 2.98. The normalized spacial score (nSPS) is 12.0. The van der Waals surface area contributed by atoms with Crippen LogP contribution in [-0.4, -0.2) is 20.5 Å². The number of pyridine rings is 1. The lowest BCUT2D eigenvalue weighted by molar-refractivity contribution is -0.137. The fraction of sp³-hybridized carbons (Fsp3) is 0.0769. The lowest BCUT2D eigenvalue weighted by Gasteiger charge is -2.07. The molecule has 0 aliphatic carbocycles. The summed E-state index contributed by atoms with van der Waals surface area (Å²) < 4.78 is 39.2. The molecule has 0 radical (unpaired) electrons. The van der Waals surface area contributed by atoms with Gasteiger partial charge in [-0.15, -0.1) is 11.3 Å². The van der Waals surface area contributed by atoms with Gasteiger partial charge in [-0.25, -0.2) is 9.78 Å². The van der Waals surface area contributed by atoms with Crippen molar-refractivity contribution in [3.63, 3.8) is 0 Å². The Morgan fingerprint density at radius 1 is 1.29 bits per heavy atom. The van der Waals surface area contributed by atoms with Crippen LogP contribution in [0.1, 0.15) is 16.1 Å². The van der Waals surface area contributed by atoms with Gasteiger partial charge in [0.05, 0.1) is 10.4 Å². The Bertz CT molecular complexity index is 822. The largest absolute Gasteiger partial charge is 0.476 e. The minimum absolute atomic E-state index is 0.156. The number of aromatic nitrogens is 2. The number of fused-ring (bicyclic) bond motifs is 1. The van der Waals surface area contributed by atoms with Crippen molar-refractivity contribution in [1.82, 2.24) is 9.38 Å². The third-order valence-electron chi connectivity index (χ3n) is 2.90. The van der Waals surface area contributed by atoms with Crippen LogP contribution in [0.3, 0.4) is 0 Å². The first-order chi connectivity index (χ1) is 9.88. The number of aromatic carboxylic acids is 1. The molecule has 0 amide bonds. The Morgan fingerprint density at radius 3 is 2.62 bits per heavy atom. The van der Waals surface area contributed by atoms with E-state index in [9.17, 15) is 23.1 Å². The van der Waals surface area contributed by atoms with Gasteiger partial charge >= 0.3 is 12.1 Å². The van der Waals surface area contributed by atoms with Crippen LogP contribution < -0.4 is 0 Å². The van der Waals surface area contributed by atoms with Gasteiger partial charge in [-0.1, -0.05) is 6.07 Å². The number of carbonyl (C=O) groups is 1. The third-order valence-corrected chi connectivity index (χ3v) is 3.78. The topological polar surface area (TPSA) is 54.6 Å². The van der Waals surface area contributed by atoms with E-state index in [2.05, 4.69) is 4.98 Å². The van der Waals surface area contributed by atoms with Crippen LogP contribution >= 0.6 is 11.3 Å². The summed E-state index contributed by atoms with van der Waals surface area (Å²) >= 11 is 1.27. The number of hydrogen-bond acceptors (Lipinski definition) is 3. The van der Waals surface area contributed by atoms with E-state index in [0.29, 0.717) is 4.88 Å². The molecule has 3 heterocycles. The number of halogens is 3. The van der Waals surface area contributed by atoms with Crippen molar-refractivity contribution in [2.75, 3.05) is 0 Å². The van der Waals surface area contributed by atoms with Crippen LogP contribution in [0.25, 0.3) is 16.2 Å². The molecule has 0 aromatic carbocycles. The Balaban J connectivity index is 2.32. The second kappa shape index (κ2) is 4.59. The first kappa shape index (κ1) is 13.6. The van der Waals surface area contributed by atoms with Gasteiger partial charge in [0, 0.05) is 6.20 Å². The highest BCUT2D eigenvalue weighted by atomic mass is 32.1. The van der Waals surface area contributed by atoms with E-state index >= 15 is 0 Å². The zero-order valence-electron chi connectivity index (χ0n) is 10.3. The maximum Gasteiger partial charge on any atom is 0.417 e. The molecular formula is C13H7F3N2O2S. The molecule has 3 rings (SSSR count). The van der Waals surface area contributed by atoms with Crippen molar-refractivity contribution in [3.05, 3.63) is 47.1 Å². The molecule has 0 aliphatic rings. The summed E-state index contributed by atoms with van der Waals surface area (Å²) in [5.74, 6) is -1.33. The molecule has 0 saturated heterocycles. The number of carboxylic acids is 1. The Labute approximate surface area is 120 Å². The number of imidazole rings is 1. The number of rotatable bonds is 2. The monoisotopic (exact) mass is 312 g/mol. The zero-order chi connectivity index (χ0) is 15.2. The van der Waals surface area contributed by atoms with Crippen LogP contribution in [0.5, 0.6) is 0 Å². The molecule has 3 aromatic rings. The second-order valence-corrected chi connectivity index (χ2v) is 5.18. The van der Waals surface area contributed by atoms with E-state index in [1.165, 1.54) is 11.3 Å². The van der Waals surface area contributed by atoms with Gasteiger partial charge in [-0.05, 0) is 23.6 Å². The second-order valence-electron chi connectivity index (χ2n) is 4.24. The predicted molar refractivity (Wildman–Crippen MR) is 70.5 cm³/mol. The lowest BCUT2D eigenvalue weighted by atomic mass is 10.2. The molecule has 0 saturated carbocycles. The summed E-state index contributed by atoms with van der Waals surface area (Å²) in [7, 11) is 0. The van der Waals surface area contributed by atoms with Crippen LogP contribution in [-0.2, 0) is 6.18 Å². The molecular weight excluding hydrogens is 305 g/mol. The molecule has 8 heteroatoms. The van der Waals surface area contributed by atoms with Crippen molar-refractivity contribution in [1.29, 1.82) is 0 Å². The minimum Gasteiger partial charge on any atom is -0.476 e. The van der Waals surface area contributed by atoms with E-state index in [1.807, 2.05) is 0 Å². The van der Waals surface area contributed by atoms with Crippen molar-refractivity contribution in [2.45, 2.75) is 6.18 Å². The molecule has 0 unspecified atom stereocenters. The van der Waals surface area contributed by atoms with Gasteiger partial charge in [0.1, 0.15) is 11.3 Å². The van der Waals surface area contributed by atoms with Gasteiger partial charge in [-0.2, -0.15) is 13.2 Å². The van der Waals surface area contributed by atoms with Gasteiger partial charge < -0.3 is 5.11 Å². The molecule has 0 fully saturated rings. The number of hydrogen-bond donors (Lipinski definition) is 1. The summed E-state index contributed by atoms with van der Waals surface area (Å²) in [6.45, 7) is 0. The average Bonchev–Trinajstić information content (AvgIpc) is 3.03. The number of nitrogens with zero attached hydrogens (tertiary/aromatic N) is 2. The number of thiophene rings is 1. The molecule has 0 atom stereocenters. The average molecular weight is 312 g/mol. The maximum atomic E-state index is 12.7. The van der Waals surface area contributed by atoms with Crippen LogP contribution in [0.4, 0.5) is 13.2 Å². The molecule has 3 aromatic heterocycles. The smallest absolute Gasteiger partial charge is 0.417 e. The molecule has 21 heavy (non-hydrogen) atoms. The fourth-order valence-electron chi connectivity index (χ4n) is 2.00. The highest BCUT2D eigenvalue weighted by Crippen LogP contribution is 2.32. The summed E-state index contributed by atoms with van der Waals surface area (Å²) in [4.78, 5) is 16.1. The van der Waals surface area contributed by atoms with Crippen LogP contribution in [0, 0.1) is 0 Å². The Hall–Kier alpha value is -2.35. The predicted octanol–water partition coefficient (Wildman–Crippen LogP) is 3.78. The molecule has 108 valence electrons. The van der Waals surface area contributed by atoms with Crippen molar-refractivity contribution in [2.24, 2.45) is 0 Å². The lowest BCUT2D eigenvalue weighted by Crippen LogP contribution is -2.09. The SMILES string of the molecule is O=C(O)c1c(-c2cccs2)nc2ccc(C(F)(F)F)cn12. The first-order valence-electron chi connectivity index (χ1n) is 5.74. The Morgan fingerprint density at radius 2 is 2.05 bits per heavy atom. The summed E-state index contributed by atoms with van der Waals surface area (Å²) in [6, 6.07) is 5.43. The third kappa shape index (κ3) is 2.27. The van der Waals surface area contributed by atoms with Gasteiger partial charge in [0.25, 0.3) is 0 Å². The minimum atomic E-state index is -4.54. The highest BCUT2D eigenvalue weighted by molar-refractivity contribution is 7.13. The van der Waals surface area contributed by atoms with E-state index in [1.54, 1.807) is 17.5 Å². The molecule has 1 N–H and O–H groups in total.